The van der Waals surface area contributed by atoms with Crippen LogP contribution in [0.2, 0.25) is 0 Å². The van der Waals surface area contributed by atoms with Crippen LogP contribution in [0.4, 0.5) is 0 Å². The van der Waals surface area contributed by atoms with Gasteiger partial charge in [-0.25, -0.2) is 0 Å². The third-order valence-electron chi connectivity index (χ3n) is 2.02. The van der Waals surface area contributed by atoms with Crippen molar-refractivity contribution in [1.82, 2.24) is 5.32 Å². The van der Waals surface area contributed by atoms with Crippen molar-refractivity contribution in [2.75, 3.05) is 18.6 Å². The lowest BCUT2D eigenvalue weighted by Crippen LogP contribution is -2.19. The lowest BCUT2D eigenvalue weighted by atomic mass is 10.1. The van der Waals surface area contributed by atoms with Gasteiger partial charge in [-0.2, -0.15) is 0 Å². The van der Waals surface area contributed by atoms with Gasteiger partial charge in [-0.1, -0.05) is 29.8 Å². The van der Waals surface area contributed by atoms with Gasteiger partial charge in [0.2, 0.25) is 0 Å². The highest BCUT2D eigenvalue weighted by Crippen LogP contribution is 2.01. The Hall–Kier alpha value is -0.670. The second-order valence-corrected chi connectivity index (χ2v) is 4.99. The van der Waals surface area contributed by atoms with Crippen molar-refractivity contribution in [2.24, 2.45) is 0 Å². The van der Waals surface area contributed by atoms with E-state index in [0.29, 0.717) is 0 Å². The van der Waals surface area contributed by atoms with Crippen LogP contribution in [0.15, 0.2) is 24.3 Å². The number of hydrogen-bond donors (Lipinski definition) is 1. The first kappa shape index (κ1) is 11.4. The first-order chi connectivity index (χ1) is 6.68. The predicted molar refractivity (Wildman–Crippen MR) is 61.8 cm³/mol. The second-order valence-electron chi connectivity index (χ2n) is 3.44. The Balaban J connectivity index is 2.25. The molecular weight excluding hydrogens is 194 g/mol. The Morgan fingerprint density at radius 3 is 2.50 bits per heavy atom. The van der Waals surface area contributed by atoms with E-state index in [1.54, 1.807) is 6.26 Å². The summed E-state index contributed by atoms with van der Waals surface area (Å²) in [6.45, 7) is 3.76. The fraction of sp³-hybridized carbons (Fsp3) is 0.455. The molecule has 1 aromatic rings. The van der Waals surface area contributed by atoms with Crippen molar-refractivity contribution in [3.05, 3.63) is 35.4 Å². The zero-order valence-electron chi connectivity index (χ0n) is 8.75. The van der Waals surface area contributed by atoms with Crippen LogP contribution in [0.5, 0.6) is 0 Å². The van der Waals surface area contributed by atoms with Crippen LogP contribution in [0.3, 0.4) is 0 Å². The van der Waals surface area contributed by atoms with E-state index in [0.717, 1.165) is 18.8 Å². The highest BCUT2D eigenvalue weighted by atomic mass is 32.2. The molecule has 0 radical (unpaired) electrons. The third kappa shape index (κ3) is 4.53. The molecule has 0 bridgehead atoms. The fourth-order valence-corrected chi connectivity index (χ4v) is 1.59. The highest BCUT2D eigenvalue weighted by molar-refractivity contribution is 7.84. The van der Waals surface area contributed by atoms with Crippen molar-refractivity contribution >= 4 is 10.8 Å². The molecule has 14 heavy (non-hydrogen) atoms. The molecule has 0 aliphatic rings. The fourth-order valence-electron chi connectivity index (χ4n) is 1.15. The number of aryl methyl sites for hydroxylation is 1. The van der Waals surface area contributed by atoms with E-state index in [2.05, 4.69) is 36.5 Å². The maximum atomic E-state index is 10.8. The molecule has 0 aliphatic heterocycles. The molecule has 0 amide bonds. The van der Waals surface area contributed by atoms with Crippen molar-refractivity contribution in [1.29, 1.82) is 0 Å². The Kier molecular flexibility index (Phi) is 4.84. The minimum absolute atomic E-state index is 0.690. The van der Waals surface area contributed by atoms with Crippen molar-refractivity contribution < 1.29 is 4.21 Å². The summed E-state index contributed by atoms with van der Waals surface area (Å²) >= 11 is 0. The Morgan fingerprint density at radius 2 is 1.93 bits per heavy atom. The van der Waals surface area contributed by atoms with Gasteiger partial charge in [0.1, 0.15) is 0 Å². The predicted octanol–water partition coefficient (Wildman–Crippen LogP) is 1.46. The molecule has 0 aromatic heterocycles. The lowest BCUT2D eigenvalue weighted by Gasteiger charge is -2.03. The molecule has 0 heterocycles. The molecule has 0 saturated heterocycles. The van der Waals surface area contributed by atoms with Crippen LogP contribution in [-0.4, -0.2) is 22.8 Å². The standard InChI is InChI=1S/C11H17NOS/c1-10-3-5-11(6-4-10)9-12-7-8-14(2)13/h3-6,12H,7-9H2,1-2H3/t14-/m1/s1. The summed E-state index contributed by atoms with van der Waals surface area (Å²) in [5, 5.41) is 3.26. The van der Waals surface area contributed by atoms with E-state index in [1.807, 2.05) is 0 Å². The summed E-state index contributed by atoms with van der Waals surface area (Å²) in [5.74, 6) is 0.728. The Labute approximate surface area is 88.2 Å². The van der Waals surface area contributed by atoms with Crippen LogP contribution in [0, 0.1) is 6.92 Å². The minimum Gasteiger partial charge on any atom is -0.312 e. The molecule has 1 atom stereocenters. The summed E-state index contributed by atoms with van der Waals surface area (Å²) in [6.07, 6.45) is 1.73. The summed E-state index contributed by atoms with van der Waals surface area (Å²) in [7, 11) is -0.690. The third-order valence-corrected chi connectivity index (χ3v) is 2.80. The normalized spacial score (nSPS) is 12.7. The quantitative estimate of drug-likeness (QED) is 0.747. The molecule has 0 unspecified atom stereocenters. The molecule has 0 fully saturated rings. The molecule has 1 aromatic carbocycles. The highest BCUT2D eigenvalue weighted by Gasteiger charge is 1.93. The minimum atomic E-state index is -0.690. The van der Waals surface area contributed by atoms with Gasteiger partial charge in [0, 0.05) is 35.9 Å². The van der Waals surface area contributed by atoms with Gasteiger partial charge in [-0.05, 0) is 12.5 Å². The molecule has 3 heteroatoms. The van der Waals surface area contributed by atoms with E-state index in [9.17, 15) is 4.21 Å². The second kappa shape index (κ2) is 5.94. The first-order valence-corrected chi connectivity index (χ1v) is 6.47. The SMILES string of the molecule is Cc1ccc(CNCC[S@@](C)=O)cc1. The molecule has 0 saturated carbocycles. The van der Waals surface area contributed by atoms with Crippen LogP contribution in [0.25, 0.3) is 0 Å². The zero-order chi connectivity index (χ0) is 10.4. The van der Waals surface area contributed by atoms with E-state index in [4.69, 9.17) is 0 Å². The van der Waals surface area contributed by atoms with Gasteiger partial charge in [-0.3, -0.25) is 4.21 Å². The first-order valence-electron chi connectivity index (χ1n) is 4.75. The zero-order valence-corrected chi connectivity index (χ0v) is 9.56. The van der Waals surface area contributed by atoms with E-state index in [-0.39, 0.29) is 0 Å². The van der Waals surface area contributed by atoms with E-state index in [1.165, 1.54) is 11.1 Å². The van der Waals surface area contributed by atoms with Gasteiger partial charge in [-0.15, -0.1) is 0 Å². The molecule has 1 N–H and O–H groups in total. The maximum Gasteiger partial charge on any atom is 0.0357 e. The van der Waals surface area contributed by atoms with Gasteiger partial charge >= 0.3 is 0 Å². The summed E-state index contributed by atoms with van der Waals surface area (Å²) in [5.41, 5.74) is 2.56. The number of hydrogen-bond acceptors (Lipinski definition) is 2. The largest absolute Gasteiger partial charge is 0.312 e. The Bertz CT molecular complexity index is 295. The van der Waals surface area contributed by atoms with Crippen molar-refractivity contribution in [2.45, 2.75) is 13.5 Å². The molecule has 0 spiro atoms. The van der Waals surface area contributed by atoms with Crippen LogP contribution in [-0.2, 0) is 17.3 Å². The van der Waals surface area contributed by atoms with Crippen molar-refractivity contribution in [3.8, 4) is 0 Å². The molecule has 1 rings (SSSR count). The molecule has 78 valence electrons. The monoisotopic (exact) mass is 211 g/mol. The van der Waals surface area contributed by atoms with Crippen LogP contribution in [0.1, 0.15) is 11.1 Å². The lowest BCUT2D eigenvalue weighted by molar-refractivity contribution is 0.676. The van der Waals surface area contributed by atoms with Crippen LogP contribution < -0.4 is 5.32 Å². The van der Waals surface area contributed by atoms with Crippen molar-refractivity contribution in [3.63, 3.8) is 0 Å². The molecule has 2 nitrogen and oxygen atoms in total. The number of nitrogens with one attached hydrogen (secondary N) is 1. The Morgan fingerprint density at radius 1 is 1.29 bits per heavy atom. The molecule has 0 aliphatic carbocycles. The van der Waals surface area contributed by atoms with Gasteiger partial charge in [0.05, 0.1) is 0 Å². The van der Waals surface area contributed by atoms with Gasteiger partial charge in [0.25, 0.3) is 0 Å². The van der Waals surface area contributed by atoms with Crippen LogP contribution >= 0.6 is 0 Å². The topological polar surface area (TPSA) is 29.1 Å². The van der Waals surface area contributed by atoms with Gasteiger partial charge in [0.15, 0.2) is 0 Å². The summed E-state index contributed by atoms with van der Waals surface area (Å²) < 4.78 is 10.8. The summed E-state index contributed by atoms with van der Waals surface area (Å²) in [4.78, 5) is 0. The van der Waals surface area contributed by atoms with E-state index >= 15 is 0 Å². The van der Waals surface area contributed by atoms with E-state index < -0.39 is 10.8 Å². The number of benzene rings is 1. The average molecular weight is 211 g/mol. The maximum absolute atomic E-state index is 10.8. The van der Waals surface area contributed by atoms with Gasteiger partial charge < -0.3 is 5.32 Å². The average Bonchev–Trinajstić information content (AvgIpc) is 2.15. The summed E-state index contributed by atoms with van der Waals surface area (Å²) in [6, 6.07) is 8.44. The smallest absolute Gasteiger partial charge is 0.0357 e. The molecular formula is C11H17NOS. The number of rotatable bonds is 5.